The molecule has 0 aromatic heterocycles. The van der Waals surface area contributed by atoms with Crippen molar-refractivity contribution in [2.75, 3.05) is 0 Å². The van der Waals surface area contributed by atoms with E-state index in [1.54, 1.807) is 0 Å². The molecule has 0 aliphatic heterocycles. The smallest absolute Gasteiger partial charge is 0.194 e. The van der Waals surface area contributed by atoms with Crippen LogP contribution in [0.1, 0.15) is 11.1 Å². The summed E-state index contributed by atoms with van der Waals surface area (Å²) >= 11 is -0.805. The molecule has 3 rings (SSSR count). The van der Waals surface area contributed by atoms with Crippen molar-refractivity contribution < 1.29 is 73.3 Å². The molecule has 0 heterocycles. The van der Waals surface area contributed by atoms with E-state index in [0.717, 1.165) is 36.4 Å². The first-order chi connectivity index (χ1) is 16.0. The van der Waals surface area contributed by atoms with Gasteiger partial charge in [-0.15, -0.1) is 13.2 Å². The largest absolute Gasteiger partial charge is 0.537 e. The molecule has 0 amide bonds. The van der Waals surface area contributed by atoms with Crippen LogP contribution in [0.15, 0.2) is 83.8 Å². The Balaban J connectivity index is 0.000000269. The van der Waals surface area contributed by atoms with Crippen molar-refractivity contribution in [1.29, 1.82) is 0 Å². The molecule has 3 aromatic rings. The van der Waals surface area contributed by atoms with Gasteiger partial charge in [0, 0.05) is 0 Å². The number of alkyl halides is 9. The van der Waals surface area contributed by atoms with Crippen LogP contribution in [-0.4, -0.2) is 14.8 Å². The minimum Gasteiger partial charge on any atom is -0.194 e. The fraction of sp³-hybridized carbons (Fsp3) is 0.143. The van der Waals surface area contributed by atoms with E-state index >= 15 is 0 Å². The monoisotopic (exact) mass is 643 g/mol. The van der Waals surface area contributed by atoms with Gasteiger partial charge in [0.15, 0.2) is 7.14 Å². The lowest BCUT2D eigenvalue weighted by molar-refractivity contribution is -0.597. The van der Waals surface area contributed by atoms with E-state index in [9.17, 15) is 47.9 Å². The maximum absolute atomic E-state index is 12.4. The molecular weight excluding hydrogens is 630 g/mol. The van der Waals surface area contributed by atoms with Crippen molar-refractivity contribution in [1.82, 2.24) is 0 Å². The van der Waals surface area contributed by atoms with Gasteiger partial charge in [-0.1, -0.05) is 18.2 Å². The maximum Gasteiger partial charge on any atom is 0.537 e. The molecule has 0 saturated heterocycles. The van der Waals surface area contributed by atoms with Crippen LogP contribution in [0.3, 0.4) is 0 Å². The molecule has 0 fully saturated rings. The highest BCUT2D eigenvalue weighted by atomic mass is 127. The first kappa shape index (κ1) is 28.9. The fourth-order valence-electron chi connectivity index (χ4n) is 2.29. The second-order valence-corrected chi connectivity index (χ2v) is 11.0. The van der Waals surface area contributed by atoms with E-state index in [1.807, 2.05) is 0 Å². The Morgan fingerprint density at radius 1 is 0.571 bits per heavy atom. The van der Waals surface area contributed by atoms with Crippen molar-refractivity contribution >= 4 is 10.1 Å². The Morgan fingerprint density at radius 2 is 0.943 bits per heavy atom. The van der Waals surface area contributed by atoms with Crippen LogP contribution in [0.4, 0.5) is 39.5 Å². The molecule has 3 nitrogen and oxygen atoms in total. The molecular formula is C21H13F9IO3S+. The van der Waals surface area contributed by atoms with Gasteiger partial charge >= 0.3 is 50.0 Å². The summed E-state index contributed by atoms with van der Waals surface area (Å²) in [5, 5.41) is 0. The summed E-state index contributed by atoms with van der Waals surface area (Å²) in [5.74, 6) is 0. The highest BCUT2D eigenvalue weighted by Gasteiger charge is 2.37. The minimum atomic E-state index is -5.20. The lowest BCUT2D eigenvalue weighted by Crippen LogP contribution is -3.61. The van der Waals surface area contributed by atoms with E-state index in [4.69, 9.17) is 0 Å². The molecule has 0 aliphatic rings. The van der Waals surface area contributed by atoms with Gasteiger partial charge in [-0.3, -0.25) is 0 Å². The summed E-state index contributed by atoms with van der Waals surface area (Å²) in [7, 11) is -4.74. The molecule has 0 unspecified atom stereocenters. The Hall–Kier alpha value is -2.33. The number of hydrogen-bond acceptors (Lipinski definition) is 3. The Labute approximate surface area is 203 Å². The molecule has 14 heteroatoms. The highest BCUT2D eigenvalue weighted by molar-refractivity contribution is 7.86. The SMILES string of the molecule is FC(F)(F)c1ccc([I+]c2ccc(C(F)(F)F)cc2)cc1.O=S(=O)(OC(F)(F)F)c1ccccc1. The van der Waals surface area contributed by atoms with Gasteiger partial charge in [0.25, 0.3) is 0 Å². The van der Waals surface area contributed by atoms with Crippen LogP contribution in [0, 0.1) is 7.14 Å². The summed E-state index contributed by atoms with van der Waals surface area (Å²) in [6.45, 7) is 0. The van der Waals surface area contributed by atoms with Crippen LogP contribution in [0.5, 0.6) is 0 Å². The number of halogens is 10. The van der Waals surface area contributed by atoms with E-state index in [0.29, 0.717) is 7.14 Å². The van der Waals surface area contributed by atoms with Crippen molar-refractivity contribution in [3.05, 3.63) is 97.1 Å². The van der Waals surface area contributed by atoms with E-state index in [2.05, 4.69) is 4.18 Å². The number of rotatable bonds is 4. The summed E-state index contributed by atoms with van der Waals surface area (Å²) < 4.78 is 136. The second-order valence-electron chi connectivity index (χ2n) is 6.40. The Morgan fingerprint density at radius 3 is 1.26 bits per heavy atom. The van der Waals surface area contributed by atoms with E-state index < -0.39 is 66.1 Å². The molecule has 190 valence electrons. The van der Waals surface area contributed by atoms with Gasteiger partial charge in [0.2, 0.25) is 0 Å². The summed E-state index contributed by atoms with van der Waals surface area (Å²) in [6.07, 6.45) is -14.0. The third-order valence-electron chi connectivity index (χ3n) is 3.80. The number of hydrogen-bond donors (Lipinski definition) is 0. The van der Waals surface area contributed by atoms with Gasteiger partial charge in [0.05, 0.1) is 16.0 Å². The number of benzene rings is 3. The van der Waals surface area contributed by atoms with Crippen molar-refractivity contribution in [3.63, 3.8) is 0 Å². The normalized spacial score (nSPS) is 12.6. The van der Waals surface area contributed by atoms with Crippen LogP contribution in [-0.2, 0) is 26.7 Å². The zero-order chi connectivity index (χ0) is 26.5. The van der Waals surface area contributed by atoms with Crippen molar-refractivity contribution in [2.45, 2.75) is 23.6 Å². The predicted molar refractivity (Wildman–Crippen MR) is 101 cm³/mol. The molecule has 3 aromatic carbocycles. The summed E-state index contributed by atoms with van der Waals surface area (Å²) in [6, 6.07) is 15.5. The third kappa shape index (κ3) is 9.68. The highest BCUT2D eigenvalue weighted by Crippen LogP contribution is 2.29. The predicted octanol–water partition coefficient (Wildman–Crippen LogP) is 3.76. The van der Waals surface area contributed by atoms with Gasteiger partial charge in [-0.25, -0.2) is 0 Å². The van der Waals surface area contributed by atoms with Crippen molar-refractivity contribution in [3.8, 4) is 0 Å². The Bertz CT molecular complexity index is 1130. The summed E-state index contributed by atoms with van der Waals surface area (Å²) in [5.41, 5.74) is -1.47. The third-order valence-corrected chi connectivity index (χ3v) is 7.74. The molecule has 0 atom stereocenters. The quantitative estimate of drug-likeness (QED) is 0.247. The average Bonchev–Trinajstić information content (AvgIpc) is 2.73. The lowest BCUT2D eigenvalue weighted by atomic mass is 10.2. The average molecular weight is 643 g/mol. The Kier molecular flexibility index (Phi) is 9.21. The zero-order valence-corrected chi connectivity index (χ0v) is 19.9. The van der Waals surface area contributed by atoms with E-state index in [1.165, 1.54) is 42.5 Å². The first-order valence-electron chi connectivity index (χ1n) is 9.04. The topological polar surface area (TPSA) is 43.4 Å². The molecule has 0 spiro atoms. The zero-order valence-electron chi connectivity index (χ0n) is 16.9. The first-order valence-corrected chi connectivity index (χ1v) is 12.6. The molecule has 0 saturated carbocycles. The van der Waals surface area contributed by atoms with Gasteiger partial charge < -0.3 is 0 Å². The van der Waals surface area contributed by atoms with Crippen LogP contribution < -0.4 is 21.2 Å². The second kappa shape index (κ2) is 11.2. The van der Waals surface area contributed by atoms with Gasteiger partial charge in [-0.05, 0) is 60.7 Å². The maximum atomic E-state index is 12.4. The van der Waals surface area contributed by atoms with Gasteiger partial charge in [-0.2, -0.15) is 38.9 Å². The molecule has 0 radical (unpaired) electrons. The van der Waals surface area contributed by atoms with Crippen LogP contribution in [0.2, 0.25) is 0 Å². The lowest BCUT2D eigenvalue weighted by Gasteiger charge is -2.07. The molecule has 0 bridgehead atoms. The molecule has 0 N–H and O–H groups in total. The van der Waals surface area contributed by atoms with Crippen LogP contribution >= 0.6 is 0 Å². The minimum absolute atomic E-state index is 0.530. The molecule has 0 aliphatic carbocycles. The molecule has 35 heavy (non-hydrogen) atoms. The van der Waals surface area contributed by atoms with Crippen LogP contribution in [0.25, 0.3) is 0 Å². The van der Waals surface area contributed by atoms with E-state index in [-0.39, 0.29) is 0 Å². The summed E-state index contributed by atoms with van der Waals surface area (Å²) in [4.78, 5) is -0.530. The van der Waals surface area contributed by atoms with Gasteiger partial charge in [0.1, 0.15) is 0 Å². The standard InChI is InChI=1S/C14H8F6I.C7H5F3O3S/c15-13(16,17)9-1-5-11(6-2-9)21-12-7-3-10(4-8-12)14(18,19)20;8-7(9,10)13-14(11,12)6-4-2-1-3-5-6/h1-8H;1-5H/q+1;. The van der Waals surface area contributed by atoms with Crippen molar-refractivity contribution in [2.24, 2.45) is 0 Å². The fourth-order valence-corrected chi connectivity index (χ4v) is 5.28.